The first-order valence-corrected chi connectivity index (χ1v) is 8.82. The molecule has 1 aliphatic heterocycles. The summed E-state index contributed by atoms with van der Waals surface area (Å²) in [6.45, 7) is 2.08. The van der Waals surface area contributed by atoms with Crippen molar-refractivity contribution in [2.45, 2.75) is 25.7 Å². The molecule has 0 bridgehead atoms. The van der Waals surface area contributed by atoms with Crippen LogP contribution in [0.25, 0.3) is 0 Å². The standard InChI is InChI=1S/C17H18FN3OS/c18-12-3-1-4-13(9-12)19-16(22)17-20-15-14(23-17)5-2-8-21(15)10-11-6-7-11/h1,3-4,9,11H,2,5-8,10H2,(H,19,22). The molecule has 1 saturated carbocycles. The van der Waals surface area contributed by atoms with Crippen LogP contribution in [0, 0.1) is 11.7 Å². The summed E-state index contributed by atoms with van der Waals surface area (Å²) in [6.07, 6.45) is 4.72. The summed E-state index contributed by atoms with van der Waals surface area (Å²) in [5.74, 6) is 1.16. The molecule has 1 amide bonds. The number of amides is 1. The molecule has 1 aromatic heterocycles. The Bertz CT molecular complexity index is 741. The predicted molar refractivity (Wildman–Crippen MR) is 89.7 cm³/mol. The molecule has 6 heteroatoms. The monoisotopic (exact) mass is 331 g/mol. The molecule has 0 atom stereocenters. The van der Waals surface area contributed by atoms with Crippen LogP contribution in [0.5, 0.6) is 0 Å². The van der Waals surface area contributed by atoms with E-state index in [4.69, 9.17) is 0 Å². The van der Waals surface area contributed by atoms with Gasteiger partial charge in [-0.3, -0.25) is 4.79 Å². The largest absolute Gasteiger partial charge is 0.355 e. The van der Waals surface area contributed by atoms with Crippen molar-refractivity contribution in [3.63, 3.8) is 0 Å². The number of carbonyl (C=O) groups excluding carboxylic acids is 1. The van der Waals surface area contributed by atoms with Gasteiger partial charge in [-0.15, -0.1) is 11.3 Å². The fraction of sp³-hybridized carbons (Fsp3) is 0.412. The second-order valence-corrected chi connectivity index (χ2v) is 7.31. The Labute approximate surface area is 138 Å². The number of rotatable bonds is 4. The van der Waals surface area contributed by atoms with E-state index in [1.807, 2.05) is 0 Å². The van der Waals surface area contributed by atoms with Gasteiger partial charge in [0.1, 0.15) is 11.6 Å². The molecule has 2 aromatic rings. The third-order valence-corrected chi connectivity index (χ3v) is 5.36. The van der Waals surface area contributed by atoms with Crippen molar-refractivity contribution in [3.05, 3.63) is 40.0 Å². The molecular formula is C17H18FN3OS. The number of hydrogen-bond acceptors (Lipinski definition) is 4. The smallest absolute Gasteiger partial charge is 0.284 e. The van der Waals surface area contributed by atoms with E-state index in [2.05, 4.69) is 15.2 Å². The lowest BCUT2D eigenvalue weighted by Gasteiger charge is -2.27. The minimum Gasteiger partial charge on any atom is -0.355 e. The summed E-state index contributed by atoms with van der Waals surface area (Å²) >= 11 is 1.46. The first-order chi connectivity index (χ1) is 11.2. The van der Waals surface area contributed by atoms with Crippen LogP contribution in [0.3, 0.4) is 0 Å². The van der Waals surface area contributed by atoms with Crippen LogP contribution in [0.1, 0.15) is 33.9 Å². The number of halogens is 1. The summed E-state index contributed by atoms with van der Waals surface area (Å²) in [4.78, 5) is 20.5. The Morgan fingerprint density at radius 3 is 3.09 bits per heavy atom. The molecule has 4 rings (SSSR count). The molecule has 1 N–H and O–H groups in total. The van der Waals surface area contributed by atoms with Gasteiger partial charge in [0.15, 0.2) is 5.01 Å². The van der Waals surface area contributed by atoms with E-state index in [1.54, 1.807) is 12.1 Å². The number of fused-ring (bicyclic) bond motifs is 1. The Morgan fingerprint density at radius 1 is 1.43 bits per heavy atom. The number of anilines is 2. The van der Waals surface area contributed by atoms with Crippen molar-refractivity contribution in [2.24, 2.45) is 5.92 Å². The number of carbonyl (C=O) groups is 1. The van der Waals surface area contributed by atoms with Crippen LogP contribution in [0.15, 0.2) is 24.3 Å². The number of nitrogens with zero attached hydrogens (tertiary/aromatic N) is 2. The second kappa shape index (κ2) is 5.92. The minimum atomic E-state index is -0.364. The number of hydrogen-bond donors (Lipinski definition) is 1. The van der Waals surface area contributed by atoms with Gasteiger partial charge in [0.05, 0.1) is 0 Å². The number of thiazole rings is 1. The van der Waals surface area contributed by atoms with Crippen LogP contribution >= 0.6 is 11.3 Å². The molecule has 1 aliphatic carbocycles. The third-order valence-electron chi connectivity index (χ3n) is 4.26. The van der Waals surface area contributed by atoms with Gasteiger partial charge in [-0.25, -0.2) is 9.37 Å². The van der Waals surface area contributed by atoms with Gasteiger partial charge in [-0.05, 0) is 49.8 Å². The maximum Gasteiger partial charge on any atom is 0.284 e. The zero-order valence-electron chi connectivity index (χ0n) is 12.7. The van der Waals surface area contributed by atoms with Gasteiger partial charge in [-0.2, -0.15) is 0 Å². The summed E-state index contributed by atoms with van der Waals surface area (Å²) in [6, 6.07) is 5.92. The molecule has 0 saturated heterocycles. The first-order valence-electron chi connectivity index (χ1n) is 8.00. The van der Waals surface area contributed by atoms with Gasteiger partial charge in [0.2, 0.25) is 0 Å². The summed E-state index contributed by atoms with van der Waals surface area (Å²) in [5, 5.41) is 3.19. The molecule has 0 radical (unpaired) electrons. The van der Waals surface area contributed by atoms with Gasteiger partial charge < -0.3 is 10.2 Å². The van der Waals surface area contributed by atoms with Crippen LogP contribution in [0.4, 0.5) is 15.9 Å². The first kappa shape index (κ1) is 14.6. The van der Waals surface area contributed by atoms with Gasteiger partial charge in [0.25, 0.3) is 5.91 Å². The van der Waals surface area contributed by atoms with E-state index in [9.17, 15) is 9.18 Å². The average Bonchev–Trinajstić information content (AvgIpc) is 3.22. The normalized spacial score (nSPS) is 17.0. The van der Waals surface area contributed by atoms with Crippen LogP contribution in [0.2, 0.25) is 0 Å². The maximum absolute atomic E-state index is 13.2. The lowest BCUT2D eigenvalue weighted by Crippen LogP contribution is -2.31. The van der Waals surface area contributed by atoms with Gasteiger partial charge >= 0.3 is 0 Å². The van der Waals surface area contributed by atoms with Crippen LogP contribution in [-0.4, -0.2) is 24.0 Å². The van der Waals surface area contributed by atoms with Crippen molar-refractivity contribution >= 4 is 28.7 Å². The van der Waals surface area contributed by atoms with Crippen molar-refractivity contribution in [1.29, 1.82) is 0 Å². The summed E-state index contributed by atoms with van der Waals surface area (Å²) < 4.78 is 13.2. The Balaban J connectivity index is 1.52. The second-order valence-electron chi connectivity index (χ2n) is 6.22. The molecule has 2 heterocycles. The number of nitrogens with one attached hydrogen (secondary N) is 1. The molecule has 2 aliphatic rings. The zero-order valence-corrected chi connectivity index (χ0v) is 13.5. The highest BCUT2D eigenvalue weighted by Crippen LogP contribution is 2.36. The topological polar surface area (TPSA) is 45.2 Å². The van der Waals surface area contributed by atoms with Crippen molar-refractivity contribution in [2.75, 3.05) is 23.3 Å². The molecular weight excluding hydrogens is 313 g/mol. The minimum absolute atomic E-state index is 0.263. The molecule has 120 valence electrons. The predicted octanol–water partition coefficient (Wildman–Crippen LogP) is 3.70. The van der Waals surface area contributed by atoms with E-state index in [1.165, 1.54) is 41.2 Å². The van der Waals surface area contributed by atoms with E-state index >= 15 is 0 Å². The zero-order chi connectivity index (χ0) is 15.8. The van der Waals surface area contributed by atoms with E-state index in [-0.39, 0.29) is 11.7 Å². The van der Waals surface area contributed by atoms with Crippen molar-refractivity contribution in [3.8, 4) is 0 Å². The van der Waals surface area contributed by atoms with Crippen LogP contribution in [-0.2, 0) is 6.42 Å². The van der Waals surface area contributed by atoms with Gasteiger partial charge in [0, 0.05) is 23.7 Å². The molecule has 1 aromatic carbocycles. The fourth-order valence-corrected chi connectivity index (χ4v) is 3.95. The number of aromatic nitrogens is 1. The van der Waals surface area contributed by atoms with E-state index < -0.39 is 0 Å². The lowest BCUT2D eigenvalue weighted by molar-refractivity contribution is 0.102. The summed E-state index contributed by atoms with van der Waals surface area (Å²) in [7, 11) is 0. The SMILES string of the molecule is O=C(Nc1cccc(F)c1)c1nc2c(s1)CCCN2CC1CC1. The average molecular weight is 331 g/mol. The molecule has 0 unspecified atom stereocenters. The van der Waals surface area contributed by atoms with Crippen molar-refractivity contribution < 1.29 is 9.18 Å². The van der Waals surface area contributed by atoms with E-state index in [0.717, 1.165) is 37.7 Å². The highest BCUT2D eigenvalue weighted by molar-refractivity contribution is 7.14. The van der Waals surface area contributed by atoms with Crippen molar-refractivity contribution in [1.82, 2.24) is 4.98 Å². The van der Waals surface area contributed by atoms with E-state index in [0.29, 0.717) is 10.7 Å². The highest BCUT2D eigenvalue weighted by atomic mass is 32.1. The molecule has 0 spiro atoms. The molecule has 1 fully saturated rings. The lowest BCUT2D eigenvalue weighted by atomic mass is 10.1. The highest BCUT2D eigenvalue weighted by Gasteiger charge is 2.29. The Hall–Kier alpha value is -1.95. The number of benzene rings is 1. The third kappa shape index (κ3) is 3.22. The van der Waals surface area contributed by atoms with Crippen LogP contribution < -0.4 is 10.2 Å². The molecule has 4 nitrogen and oxygen atoms in total. The van der Waals surface area contributed by atoms with Gasteiger partial charge in [-0.1, -0.05) is 6.07 Å². The fourth-order valence-electron chi connectivity index (χ4n) is 2.93. The molecule has 23 heavy (non-hydrogen) atoms. The maximum atomic E-state index is 13.2. The number of aryl methyl sites for hydroxylation is 1. The quantitative estimate of drug-likeness (QED) is 0.929. The Morgan fingerprint density at radius 2 is 2.30 bits per heavy atom. The summed E-state index contributed by atoms with van der Waals surface area (Å²) in [5.41, 5.74) is 0.456. The Kier molecular flexibility index (Phi) is 3.77.